The number of aromatic amines is 1. The predicted octanol–water partition coefficient (Wildman–Crippen LogP) is -0.222. The average molecular weight is 293 g/mol. The van der Waals surface area contributed by atoms with E-state index in [-0.39, 0.29) is 17.7 Å². The molecular weight excluding hydrogens is 270 g/mol. The first-order valence-corrected chi connectivity index (χ1v) is 7.13. The third-order valence-corrected chi connectivity index (χ3v) is 3.70. The zero-order valence-corrected chi connectivity index (χ0v) is 12.9. The van der Waals surface area contributed by atoms with Gasteiger partial charge >= 0.3 is 0 Å². The molecule has 7 nitrogen and oxygen atoms in total. The number of H-pyrrole nitrogens is 1. The number of imidazole rings is 1. The Hall–Kier alpha value is -1.89. The summed E-state index contributed by atoms with van der Waals surface area (Å²) in [5, 5.41) is 0. The minimum absolute atomic E-state index is 0.00658. The summed E-state index contributed by atoms with van der Waals surface area (Å²) in [5.74, 6) is 0.591. The second-order valence-corrected chi connectivity index (χ2v) is 5.77. The van der Waals surface area contributed by atoms with Gasteiger partial charge in [-0.25, -0.2) is 4.98 Å². The van der Waals surface area contributed by atoms with Crippen LogP contribution in [0.15, 0.2) is 12.4 Å². The first kappa shape index (κ1) is 15.5. The van der Waals surface area contributed by atoms with E-state index < -0.39 is 0 Å². The molecule has 2 rings (SSSR count). The van der Waals surface area contributed by atoms with Crippen LogP contribution in [-0.2, 0) is 16.1 Å². The van der Waals surface area contributed by atoms with Crippen LogP contribution >= 0.6 is 0 Å². The van der Waals surface area contributed by atoms with Crippen molar-refractivity contribution in [3.05, 3.63) is 18.2 Å². The summed E-state index contributed by atoms with van der Waals surface area (Å²) in [6.45, 7) is 2.45. The molecule has 1 saturated heterocycles. The van der Waals surface area contributed by atoms with Crippen LogP contribution in [0.25, 0.3) is 0 Å². The number of carbonyl (C=O) groups excluding carboxylic acids is 2. The van der Waals surface area contributed by atoms with Crippen LogP contribution in [0.2, 0.25) is 0 Å². The minimum Gasteiger partial charge on any atom is -0.347 e. The Balaban J connectivity index is 1.87. The Morgan fingerprint density at radius 2 is 2.24 bits per heavy atom. The van der Waals surface area contributed by atoms with Crippen molar-refractivity contribution in [1.29, 1.82) is 0 Å². The van der Waals surface area contributed by atoms with E-state index in [1.54, 1.807) is 29.2 Å². The van der Waals surface area contributed by atoms with E-state index in [1.165, 1.54) is 0 Å². The zero-order chi connectivity index (χ0) is 15.4. The molecule has 1 atom stereocenters. The fourth-order valence-corrected chi connectivity index (χ4v) is 2.47. The van der Waals surface area contributed by atoms with E-state index in [0.29, 0.717) is 26.1 Å². The standard InChI is InChI=1S/C14H23N5O2/c1-17(2)6-7-19-9-11(8-13(19)20)14(21)18(3)10-12-15-4-5-16-12/h4-5,11H,6-10H2,1-3H3,(H,15,16)/t11-/m0/s1. The van der Waals surface area contributed by atoms with Gasteiger partial charge in [-0.15, -0.1) is 0 Å². The van der Waals surface area contributed by atoms with Crippen LogP contribution in [0.1, 0.15) is 12.2 Å². The summed E-state index contributed by atoms with van der Waals surface area (Å²) >= 11 is 0. The Kier molecular flexibility index (Phi) is 4.95. The predicted molar refractivity (Wildman–Crippen MR) is 78.3 cm³/mol. The van der Waals surface area contributed by atoms with Gasteiger partial charge in [0.2, 0.25) is 11.8 Å². The van der Waals surface area contributed by atoms with E-state index in [4.69, 9.17) is 0 Å². The highest BCUT2D eigenvalue weighted by Gasteiger charge is 2.35. The molecule has 1 N–H and O–H groups in total. The van der Waals surface area contributed by atoms with Crippen LogP contribution in [0.4, 0.5) is 0 Å². The van der Waals surface area contributed by atoms with Gasteiger partial charge in [-0.3, -0.25) is 9.59 Å². The highest BCUT2D eigenvalue weighted by Crippen LogP contribution is 2.20. The highest BCUT2D eigenvalue weighted by atomic mass is 16.2. The van der Waals surface area contributed by atoms with Gasteiger partial charge < -0.3 is 19.7 Å². The minimum atomic E-state index is -0.236. The molecule has 0 radical (unpaired) electrons. The average Bonchev–Trinajstić information content (AvgIpc) is 3.05. The van der Waals surface area contributed by atoms with Gasteiger partial charge in [0.25, 0.3) is 0 Å². The maximum atomic E-state index is 12.4. The number of carbonyl (C=O) groups is 2. The van der Waals surface area contributed by atoms with Gasteiger partial charge in [0.1, 0.15) is 5.82 Å². The summed E-state index contributed by atoms with van der Waals surface area (Å²) in [6, 6.07) is 0. The fourth-order valence-electron chi connectivity index (χ4n) is 2.47. The quantitative estimate of drug-likeness (QED) is 0.787. The molecule has 1 fully saturated rings. The van der Waals surface area contributed by atoms with Crippen molar-refractivity contribution in [1.82, 2.24) is 24.7 Å². The van der Waals surface area contributed by atoms with Crippen molar-refractivity contribution < 1.29 is 9.59 Å². The van der Waals surface area contributed by atoms with E-state index in [9.17, 15) is 9.59 Å². The van der Waals surface area contributed by atoms with Crippen LogP contribution < -0.4 is 0 Å². The van der Waals surface area contributed by atoms with Gasteiger partial charge in [-0.1, -0.05) is 0 Å². The molecule has 0 bridgehead atoms. The second-order valence-electron chi connectivity index (χ2n) is 5.77. The second kappa shape index (κ2) is 6.71. The molecule has 0 aliphatic carbocycles. The largest absolute Gasteiger partial charge is 0.347 e. The maximum Gasteiger partial charge on any atom is 0.228 e. The molecule has 0 unspecified atom stereocenters. The lowest BCUT2D eigenvalue weighted by molar-refractivity contribution is -0.135. The van der Waals surface area contributed by atoms with E-state index in [0.717, 1.165) is 12.4 Å². The molecule has 2 heterocycles. The number of aromatic nitrogens is 2. The van der Waals surface area contributed by atoms with Gasteiger partial charge in [0, 0.05) is 45.5 Å². The maximum absolute atomic E-state index is 12.4. The number of nitrogens with zero attached hydrogens (tertiary/aromatic N) is 4. The van der Waals surface area contributed by atoms with Gasteiger partial charge in [-0.05, 0) is 14.1 Å². The van der Waals surface area contributed by atoms with Crippen LogP contribution in [0, 0.1) is 5.92 Å². The number of hydrogen-bond donors (Lipinski definition) is 1. The molecule has 0 aromatic carbocycles. The molecule has 1 aromatic heterocycles. The highest BCUT2D eigenvalue weighted by molar-refractivity contribution is 5.89. The number of likely N-dealkylation sites (N-methyl/N-ethyl adjacent to an activating group) is 1. The number of rotatable bonds is 6. The summed E-state index contributed by atoms with van der Waals surface area (Å²) < 4.78 is 0. The normalized spacial score (nSPS) is 18.6. The third kappa shape index (κ3) is 4.04. The molecule has 21 heavy (non-hydrogen) atoms. The summed E-state index contributed by atoms with van der Waals surface area (Å²) in [4.78, 5) is 36.9. The molecule has 0 spiro atoms. The van der Waals surface area contributed by atoms with E-state index in [1.807, 2.05) is 19.0 Å². The van der Waals surface area contributed by atoms with Crippen molar-refractivity contribution in [3.63, 3.8) is 0 Å². The molecular formula is C14H23N5O2. The zero-order valence-electron chi connectivity index (χ0n) is 12.9. The van der Waals surface area contributed by atoms with Crippen LogP contribution in [0.5, 0.6) is 0 Å². The van der Waals surface area contributed by atoms with Gasteiger partial charge in [-0.2, -0.15) is 0 Å². The Bertz CT molecular complexity index is 486. The van der Waals surface area contributed by atoms with Crippen LogP contribution in [0.3, 0.4) is 0 Å². The topological polar surface area (TPSA) is 72.5 Å². The van der Waals surface area contributed by atoms with Gasteiger partial charge in [0.05, 0.1) is 12.5 Å². The molecule has 1 aliphatic heterocycles. The Labute approximate surface area is 124 Å². The summed E-state index contributed by atoms with van der Waals surface area (Å²) in [6.07, 6.45) is 3.71. The molecule has 0 saturated carbocycles. The van der Waals surface area contributed by atoms with Crippen LogP contribution in [-0.4, -0.2) is 77.3 Å². The summed E-state index contributed by atoms with van der Waals surface area (Å²) in [5.41, 5.74) is 0. The number of hydrogen-bond acceptors (Lipinski definition) is 4. The monoisotopic (exact) mass is 293 g/mol. The first-order valence-electron chi connectivity index (χ1n) is 7.13. The van der Waals surface area contributed by atoms with E-state index >= 15 is 0 Å². The molecule has 116 valence electrons. The first-order chi connectivity index (χ1) is 9.97. The Morgan fingerprint density at radius 1 is 1.48 bits per heavy atom. The van der Waals surface area contributed by atoms with Crippen molar-refractivity contribution in [2.75, 3.05) is 40.8 Å². The number of likely N-dealkylation sites (tertiary alicyclic amines) is 1. The molecule has 7 heteroatoms. The van der Waals surface area contributed by atoms with Gasteiger partial charge in [0.15, 0.2) is 0 Å². The van der Waals surface area contributed by atoms with Crippen molar-refractivity contribution in [2.45, 2.75) is 13.0 Å². The van der Waals surface area contributed by atoms with Crippen molar-refractivity contribution >= 4 is 11.8 Å². The smallest absolute Gasteiger partial charge is 0.228 e. The lowest BCUT2D eigenvalue weighted by Gasteiger charge is -2.21. The molecule has 2 amide bonds. The lowest BCUT2D eigenvalue weighted by atomic mass is 10.1. The lowest BCUT2D eigenvalue weighted by Crippen LogP contribution is -2.36. The van der Waals surface area contributed by atoms with Crippen molar-refractivity contribution in [2.24, 2.45) is 5.92 Å². The number of nitrogens with one attached hydrogen (secondary N) is 1. The summed E-state index contributed by atoms with van der Waals surface area (Å²) in [7, 11) is 5.69. The molecule has 1 aliphatic rings. The molecule has 1 aromatic rings. The number of amides is 2. The SMILES string of the molecule is CN(C)CCN1C[C@@H](C(=O)N(C)Cc2ncc[nH]2)CC1=O. The van der Waals surface area contributed by atoms with E-state index in [2.05, 4.69) is 9.97 Å². The Morgan fingerprint density at radius 3 is 2.86 bits per heavy atom. The third-order valence-electron chi connectivity index (χ3n) is 3.70. The van der Waals surface area contributed by atoms with Crippen molar-refractivity contribution in [3.8, 4) is 0 Å². The fraction of sp³-hybridized carbons (Fsp3) is 0.643.